The van der Waals surface area contributed by atoms with E-state index in [1.54, 1.807) is 24.4 Å². The van der Waals surface area contributed by atoms with Crippen molar-refractivity contribution >= 4 is 45.6 Å². The predicted molar refractivity (Wildman–Crippen MR) is 83.8 cm³/mol. The molecule has 6 heteroatoms. The molecular weight excluding hydrogens is 295 g/mol. The Morgan fingerprint density at radius 2 is 1.70 bits per heavy atom. The van der Waals surface area contributed by atoms with Gasteiger partial charge in [0.15, 0.2) is 0 Å². The molecule has 2 heterocycles. The van der Waals surface area contributed by atoms with Gasteiger partial charge in [-0.2, -0.15) is 0 Å². The first-order chi connectivity index (χ1) is 9.58. The summed E-state index contributed by atoms with van der Waals surface area (Å²) < 4.78 is 0. The third kappa shape index (κ3) is 2.03. The molecule has 0 fully saturated rings. The van der Waals surface area contributed by atoms with Crippen LogP contribution in [-0.2, 0) is 0 Å². The molecular formula is C14H10Cl2N4. The van der Waals surface area contributed by atoms with Crippen LogP contribution in [0.25, 0.3) is 22.0 Å². The van der Waals surface area contributed by atoms with E-state index in [0.717, 1.165) is 10.8 Å². The molecule has 1 aromatic carbocycles. The zero-order valence-electron chi connectivity index (χ0n) is 10.3. The molecule has 0 radical (unpaired) electrons. The number of rotatable bonds is 1. The van der Waals surface area contributed by atoms with E-state index in [9.17, 15) is 0 Å². The van der Waals surface area contributed by atoms with Crippen LogP contribution >= 0.6 is 23.2 Å². The summed E-state index contributed by atoms with van der Waals surface area (Å²) in [4.78, 5) is 8.43. The normalized spacial score (nSPS) is 10.9. The molecule has 0 spiro atoms. The maximum atomic E-state index is 6.22. The summed E-state index contributed by atoms with van der Waals surface area (Å²) in [7, 11) is 0. The lowest BCUT2D eigenvalue weighted by Crippen LogP contribution is -1.99. The van der Waals surface area contributed by atoms with Crippen LogP contribution in [0.1, 0.15) is 0 Å². The fourth-order valence-electron chi connectivity index (χ4n) is 2.10. The highest BCUT2D eigenvalue weighted by Gasteiger charge is 2.12. The molecule has 0 aliphatic heterocycles. The minimum atomic E-state index is 0.330. The maximum absolute atomic E-state index is 6.22. The number of nitrogen functional groups attached to an aromatic ring is 2. The smallest absolute Gasteiger partial charge is 0.135 e. The number of hydrogen-bond donors (Lipinski definition) is 2. The van der Waals surface area contributed by atoms with Crippen LogP contribution in [0, 0.1) is 0 Å². The fraction of sp³-hybridized carbons (Fsp3) is 0. The van der Waals surface area contributed by atoms with Crippen LogP contribution in [0.2, 0.25) is 10.0 Å². The molecule has 2 aromatic heterocycles. The number of nitrogens with zero attached hydrogens (tertiary/aromatic N) is 2. The Morgan fingerprint density at radius 1 is 0.900 bits per heavy atom. The molecule has 0 aliphatic rings. The van der Waals surface area contributed by atoms with Crippen LogP contribution < -0.4 is 11.5 Å². The monoisotopic (exact) mass is 304 g/mol. The Bertz CT molecular complexity index is 818. The molecule has 100 valence electrons. The first-order valence-electron chi connectivity index (χ1n) is 5.83. The average Bonchev–Trinajstić information content (AvgIpc) is 2.43. The number of halogens is 2. The zero-order valence-corrected chi connectivity index (χ0v) is 11.8. The molecule has 0 unspecified atom stereocenters. The summed E-state index contributed by atoms with van der Waals surface area (Å²) in [5, 5.41) is 2.68. The van der Waals surface area contributed by atoms with Gasteiger partial charge in [0.25, 0.3) is 0 Å². The van der Waals surface area contributed by atoms with Crippen molar-refractivity contribution in [3.05, 3.63) is 46.6 Å². The Labute approximate surface area is 125 Å². The molecule has 0 amide bonds. The third-order valence-corrected chi connectivity index (χ3v) is 3.85. The molecule has 0 saturated heterocycles. The van der Waals surface area contributed by atoms with Gasteiger partial charge < -0.3 is 11.5 Å². The lowest BCUT2D eigenvalue weighted by atomic mass is 10.0. The number of aromatic nitrogens is 2. The van der Waals surface area contributed by atoms with Gasteiger partial charge in [-0.05, 0) is 24.3 Å². The van der Waals surface area contributed by atoms with Gasteiger partial charge in [0.2, 0.25) is 0 Å². The molecule has 0 saturated carbocycles. The van der Waals surface area contributed by atoms with Crippen molar-refractivity contribution in [3.8, 4) is 11.3 Å². The van der Waals surface area contributed by atoms with Crippen molar-refractivity contribution in [3.63, 3.8) is 0 Å². The Kier molecular flexibility index (Phi) is 3.12. The van der Waals surface area contributed by atoms with Crippen LogP contribution in [0.15, 0.2) is 36.5 Å². The Balaban J connectivity index is 2.34. The van der Waals surface area contributed by atoms with Gasteiger partial charge >= 0.3 is 0 Å². The van der Waals surface area contributed by atoms with Gasteiger partial charge in [-0.15, -0.1) is 0 Å². The minimum Gasteiger partial charge on any atom is -0.384 e. The molecule has 0 bridgehead atoms. The zero-order chi connectivity index (χ0) is 14.3. The average molecular weight is 305 g/mol. The van der Waals surface area contributed by atoms with E-state index in [4.69, 9.17) is 34.7 Å². The van der Waals surface area contributed by atoms with Gasteiger partial charge in [0, 0.05) is 22.5 Å². The lowest BCUT2D eigenvalue weighted by molar-refractivity contribution is 1.30. The summed E-state index contributed by atoms with van der Waals surface area (Å²) in [6, 6.07) is 8.89. The van der Waals surface area contributed by atoms with Gasteiger partial charge in [0.1, 0.15) is 11.6 Å². The largest absolute Gasteiger partial charge is 0.384 e. The van der Waals surface area contributed by atoms with Crippen molar-refractivity contribution < 1.29 is 0 Å². The van der Waals surface area contributed by atoms with E-state index in [1.807, 2.05) is 12.1 Å². The van der Waals surface area contributed by atoms with E-state index >= 15 is 0 Å². The topological polar surface area (TPSA) is 77.8 Å². The number of hydrogen-bond acceptors (Lipinski definition) is 4. The summed E-state index contributed by atoms with van der Waals surface area (Å²) in [6.07, 6.45) is 1.66. The molecule has 20 heavy (non-hydrogen) atoms. The third-order valence-electron chi connectivity index (χ3n) is 3.03. The highest BCUT2D eigenvalue weighted by Crippen LogP contribution is 2.36. The van der Waals surface area contributed by atoms with Crippen LogP contribution in [0.4, 0.5) is 11.6 Å². The summed E-state index contributed by atoms with van der Waals surface area (Å²) in [6.45, 7) is 0. The predicted octanol–water partition coefficient (Wildman–Crippen LogP) is 3.77. The van der Waals surface area contributed by atoms with Gasteiger partial charge in [-0.1, -0.05) is 29.3 Å². The highest BCUT2D eigenvalue weighted by molar-refractivity contribution is 6.45. The number of benzene rings is 1. The molecule has 4 N–H and O–H groups in total. The van der Waals surface area contributed by atoms with E-state index in [0.29, 0.717) is 32.9 Å². The SMILES string of the molecule is Nc1ccc(-c2nccc3c(Cl)c(Cl)ccc23)c(N)n1. The molecule has 3 aromatic rings. The van der Waals surface area contributed by atoms with Crippen LogP contribution in [0.3, 0.4) is 0 Å². The Hall–Kier alpha value is -2.04. The standard InChI is InChI=1S/C14H10Cl2N4/c15-10-3-1-8-7(12(10)16)5-6-19-13(8)9-2-4-11(17)20-14(9)18/h1-6H,(H4,17,18,20). The maximum Gasteiger partial charge on any atom is 0.135 e. The van der Waals surface area contributed by atoms with Crippen molar-refractivity contribution in [1.29, 1.82) is 0 Å². The Morgan fingerprint density at radius 3 is 2.45 bits per heavy atom. The molecule has 4 nitrogen and oxygen atoms in total. The van der Waals surface area contributed by atoms with Gasteiger partial charge in [-0.25, -0.2) is 4.98 Å². The summed E-state index contributed by atoms with van der Waals surface area (Å²) >= 11 is 12.3. The summed E-state index contributed by atoms with van der Waals surface area (Å²) in [5.41, 5.74) is 12.9. The van der Waals surface area contributed by atoms with Crippen molar-refractivity contribution in [2.24, 2.45) is 0 Å². The van der Waals surface area contributed by atoms with Crippen molar-refractivity contribution in [2.45, 2.75) is 0 Å². The van der Waals surface area contributed by atoms with Gasteiger partial charge in [-0.3, -0.25) is 4.98 Å². The van der Waals surface area contributed by atoms with E-state index < -0.39 is 0 Å². The second-order valence-electron chi connectivity index (χ2n) is 4.28. The second-order valence-corrected chi connectivity index (χ2v) is 5.07. The number of fused-ring (bicyclic) bond motifs is 1. The highest BCUT2D eigenvalue weighted by atomic mass is 35.5. The lowest BCUT2D eigenvalue weighted by Gasteiger charge is -2.10. The number of anilines is 2. The number of nitrogens with two attached hydrogens (primary N) is 2. The number of pyridine rings is 2. The minimum absolute atomic E-state index is 0.330. The van der Waals surface area contributed by atoms with E-state index in [1.165, 1.54) is 0 Å². The van der Waals surface area contributed by atoms with Crippen molar-refractivity contribution in [2.75, 3.05) is 11.5 Å². The quantitative estimate of drug-likeness (QED) is 0.717. The van der Waals surface area contributed by atoms with E-state index in [-0.39, 0.29) is 0 Å². The van der Waals surface area contributed by atoms with Gasteiger partial charge in [0.05, 0.1) is 15.7 Å². The fourth-order valence-corrected chi connectivity index (χ4v) is 2.49. The first kappa shape index (κ1) is 13.0. The molecule has 0 atom stereocenters. The molecule has 3 rings (SSSR count). The van der Waals surface area contributed by atoms with Crippen LogP contribution in [-0.4, -0.2) is 9.97 Å². The van der Waals surface area contributed by atoms with Crippen LogP contribution in [0.5, 0.6) is 0 Å². The second kappa shape index (κ2) is 4.81. The van der Waals surface area contributed by atoms with Crippen molar-refractivity contribution in [1.82, 2.24) is 9.97 Å². The van der Waals surface area contributed by atoms with E-state index in [2.05, 4.69) is 9.97 Å². The summed E-state index contributed by atoms with van der Waals surface area (Å²) in [5.74, 6) is 0.698. The first-order valence-corrected chi connectivity index (χ1v) is 6.58. The molecule has 0 aliphatic carbocycles.